The predicted molar refractivity (Wildman–Crippen MR) is 57.7 cm³/mol. The van der Waals surface area contributed by atoms with Crippen molar-refractivity contribution < 1.29 is 9.59 Å². The highest BCUT2D eigenvalue weighted by Gasteiger charge is 2.12. The van der Waals surface area contributed by atoms with E-state index in [2.05, 4.69) is 10.6 Å². The van der Waals surface area contributed by atoms with E-state index in [1.165, 1.54) is 0 Å². The third-order valence-corrected chi connectivity index (χ3v) is 1.89. The van der Waals surface area contributed by atoms with E-state index in [1.54, 1.807) is 0 Å². The van der Waals surface area contributed by atoms with Gasteiger partial charge in [0.1, 0.15) is 6.17 Å². The summed E-state index contributed by atoms with van der Waals surface area (Å²) < 4.78 is 0. The molecule has 0 aliphatic heterocycles. The van der Waals surface area contributed by atoms with Gasteiger partial charge in [-0.3, -0.25) is 9.59 Å². The molecule has 0 bridgehead atoms. The van der Waals surface area contributed by atoms with E-state index in [9.17, 15) is 9.59 Å². The van der Waals surface area contributed by atoms with Crippen LogP contribution in [0.25, 0.3) is 0 Å². The van der Waals surface area contributed by atoms with Crippen molar-refractivity contribution in [3.05, 3.63) is 0 Å². The molecular weight excluding hydrogens is 196 g/mol. The molecule has 0 heterocycles. The third-order valence-electron chi connectivity index (χ3n) is 1.89. The first-order chi connectivity index (χ1) is 7.13. The van der Waals surface area contributed by atoms with Gasteiger partial charge in [0.15, 0.2) is 0 Å². The molecule has 0 saturated carbocycles. The summed E-state index contributed by atoms with van der Waals surface area (Å²) in [5, 5.41) is 5.23. The molecule has 0 atom stereocenters. The molecule has 6 heteroatoms. The van der Waals surface area contributed by atoms with Crippen LogP contribution in [0, 0.1) is 0 Å². The number of rotatable bonds is 7. The van der Waals surface area contributed by atoms with Gasteiger partial charge in [-0.15, -0.1) is 0 Å². The molecule has 6 nitrogen and oxygen atoms in total. The number of hydrogen-bond acceptors (Lipinski definition) is 4. The van der Waals surface area contributed by atoms with Gasteiger partial charge < -0.3 is 22.1 Å². The lowest BCUT2D eigenvalue weighted by Gasteiger charge is -2.19. The van der Waals surface area contributed by atoms with Crippen molar-refractivity contribution in [1.82, 2.24) is 10.6 Å². The summed E-state index contributed by atoms with van der Waals surface area (Å²) in [6.45, 7) is 1.87. The highest BCUT2D eigenvalue weighted by molar-refractivity contribution is 5.80. The van der Waals surface area contributed by atoms with Gasteiger partial charge in [0.25, 0.3) is 0 Å². The van der Waals surface area contributed by atoms with Gasteiger partial charge in [-0.05, 0) is 12.8 Å². The molecule has 2 amide bonds. The number of amides is 2. The first kappa shape index (κ1) is 13.9. The third kappa shape index (κ3) is 6.87. The van der Waals surface area contributed by atoms with Crippen molar-refractivity contribution >= 4 is 11.8 Å². The van der Waals surface area contributed by atoms with Crippen molar-refractivity contribution in [2.24, 2.45) is 11.5 Å². The molecule has 6 N–H and O–H groups in total. The Morgan fingerprint density at radius 2 is 1.60 bits per heavy atom. The minimum atomic E-state index is -0.364. The minimum absolute atomic E-state index is 0.0822. The van der Waals surface area contributed by atoms with E-state index < -0.39 is 0 Å². The quantitative estimate of drug-likeness (QED) is 0.394. The lowest BCUT2D eigenvalue weighted by Crippen LogP contribution is -2.51. The summed E-state index contributed by atoms with van der Waals surface area (Å²) >= 11 is 0. The second-order valence-corrected chi connectivity index (χ2v) is 3.24. The standard InChI is InChI=1S/C9H20N4O2/c1-2-3-4-7(12-8(14)5-10)13-9(15)6-11/h7H,2-6,10-11H2,1H3,(H,12,14)(H,13,15). The van der Waals surface area contributed by atoms with E-state index in [-0.39, 0.29) is 31.1 Å². The fourth-order valence-corrected chi connectivity index (χ4v) is 1.10. The zero-order valence-electron chi connectivity index (χ0n) is 9.08. The van der Waals surface area contributed by atoms with Crippen LogP contribution in [0.5, 0.6) is 0 Å². The average Bonchev–Trinajstić information content (AvgIpc) is 2.25. The van der Waals surface area contributed by atoms with Gasteiger partial charge in [0.2, 0.25) is 11.8 Å². The van der Waals surface area contributed by atoms with Crippen LogP contribution in [0.1, 0.15) is 26.2 Å². The number of hydrogen-bond donors (Lipinski definition) is 4. The van der Waals surface area contributed by atoms with Gasteiger partial charge >= 0.3 is 0 Å². The van der Waals surface area contributed by atoms with E-state index in [0.717, 1.165) is 12.8 Å². The summed E-state index contributed by atoms with van der Waals surface area (Å²) in [6.07, 6.45) is 2.24. The Morgan fingerprint density at radius 1 is 1.13 bits per heavy atom. The smallest absolute Gasteiger partial charge is 0.235 e. The highest BCUT2D eigenvalue weighted by Crippen LogP contribution is 1.97. The van der Waals surface area contributed by atoms with Crippen LogP contribution in [0.2, 0.25) is 0 Å². The molecule has 0 aliphatic carbocycles. The summed E-state index contributed by atoms with van der Waals surface area (Å²) in [7, 11) is 0. The molecule has 15 heavy (non-hydrogen) atoms. The highest BCUT2D eigenvalue weighted by atomic mass is 16.2. The zero-order chi connectivity index (χ0) is 11.7. The molecule has 88 valence electrons. The van der Waals surface area contributed by atoms with Crippen LogP contribution in [0.3, 0.4) is 0 Å². The maximum atomic E-state index is 11.0. The molecule has 0 aromatic carbocycles. The molecule has 0 fully saturated rings. The fourth-order valence-electron chi connectivity index (χ4n) is 1.10. The van der Waals surface area contributed by atoms with Crippen molar-refractivity contribution in [2.45, 2.75) is 32.4 Å². The topological polar surface area (TPSA) is 110 Å². The molecule has 0 radical (unpaired) electrons. The molecule has 0 rings (SSSR count). The van der Waals surface area contributed by atoms with Crippen LogP contribution >= 0.6 is 0 Å². The Morgan fingerprint density at radius 3 is 1.93 bits per heavy atom. The Hall–Kier alpha value is -1.14. The average molecular weight is 216 g/mol. The maximum Gasteiger partial charge on any atom is 0.235 e. The molecular formula is C9H20N4O2. The normalized spacial score (nSPS) is 10.1. The fraction of sp³-hybridized carbons (Fsp3) is 0.778. The Kier molecular flexibility index (Phi) is 7.57. The van der Waals surface area contributed by atoms with Crippen LogP contribution in [-0.2, 0) is 9.59 Å². The van der Waals surface area contributed by atoms with Crippen LogP contribution in [0.15, 0.2) is 0 Å². The van der Waals surface area contributed by atoms with Crippen molar-refractivity contribution in [2.75, 3.05) is 13.1 Å². The van der Waals surface area contributed by atoms with Crippen LogP contribution < -0.4 is 22.1 Å². The number of nitrogens with two attached hydrogens (primary N) is 2. The van der Waals surface area contributed by atoms with Gasteiger partial charge in [0, 0.05) is 0 Å². The molecule has 0 spiro atoms. The van der Waals surface area contributed by atoms with Crippen molar-refractivity contribution in [3.8, 4) is 0 Å². The van der Waals surface area contributed by atoms with Gasteiger partial charge in [-0.25, -0.2) is 0 Å². The van der Waals surface area contributed by atoms with Crippen molar-refractivity contribution in [3.63, 3.8) is 0 Å². The van der Waals surface area contributed by atoms with E-state index >= 15 is 0 Å². The molecule has 0 aromatic heterocycles. The lowest BCUT2D eigenvalue weighted by molar-refractivity contribution is -0.123. The van der Waals surface area contributed by atoms with E-state index in [0.29, 0.717) is 6.42 Å². The van der Waals surface area contributed by atoms with Crippen LogP contribution in [-0.4, -0.2) is 31.1 Å². The second-order valence-electron chi connectivity index (χ2n) is 3.24. The maximum absolute atomic E-state index is 11.0. The summed E-state index contributed by atoms with van der Waals surface area (Å²) in [5.41, 5.74) is 10.3. The van der Waals surface area contributed by atoms with Gasteiger partial charge in [0.05, 0.1) is 13.1 Å². The SMILES string of the molecule is CCCCC(NC(=O)CN)NC(=O)CN. The number of nitrogens with one attached hydrogen (secondary N) is 2. The summed E-state index contributed by atoms with van der Waals surface area (Å²) in [5.74, 6) is -0.568. The molecule has 0 saturated heterocycles. The van der Waals surface area contributed by atoms with E-state index in [4.69, 9.17) is 11.5 Å². The Bertz CT molecular complexity index is 190. The zero-order valence-corrected chi connectivity index (χ0v) is 9.08. The number of carbonyl (C=O) groups excluding carboxylic acids is 2. The predicted octanol–water partition coefficient (Wildman–Crippen LogP) is -1.35. The minimum Gasteiger partial charge on any atom is -0.335 e. The van der Waals surface area contributed by atoms with Gasteiger partial charge in [-0.2, -0.15) is 0 Å². The number of unbranched alkanes of at least 4 members (excludes halogenated alkanes) is 1. The van der Waals surface area contributed by atoms with Crippen molar-refractivity contribution in [1.29, 1.82) is 0 Å². The summed E-state index contributed by atoms with van der Waals surface area (Å²) in [6, 6.07) is 0. The summed E-state index contributed by atoms with van der Waals surface area (Å²) in [4.78, 5) is 22.1. The Balaban J connectivity index is 4.05. The van der Waals surface area contributed by atoms with E-state index in [1.807, 2.05) is 6.92 Å². The Labute approximate surface area is 89.8 Å². The monoisotopic (exact) mass is 216 g/mol. The molecule has 0 unspecified atom stereocenters. The largest absolute Gasteiger partial charge is 0.335 e. The van der Waals surface area contributed by atoms with Crippen LogP contribution in [0.4, 0.5) is 0 Å². The van der Waals surface area contributed by atoms with Gasteiger partial charge in [-0.1, -0.05) is 13.3 Å². The second kappa shape index (κ2) is 8.19. The first-order valence-electron chi connectivity index (χ1n) is 5.12. The number of carbonyl (C=O) groups is 2. The molecule has 0 aromatic rings. The first-order valence-corrected chi connectivity index (χ1v) is 5.12. The lowest BCUT2D eigenvalue weighted by atomic mass is 10.2. The molecule has 0 aliphatic rings.